The van der Waals surface area contributed by atoms with Gasteiger partial charge in [0.15, 0.2) is 0 Å². The highest BCUT2D eigenvalue weighted by molar-refractivity contribution is 5.89. The number of benzene rings is 2. The molecule has 3 aromatic rings. The second-order valence-corrected chi connectivity index (χ2v) is 5.31. The molecular formula is C19H18N4O3. The van der Waals surface area contributed by atoms with Crippen LogP contribution in [0.2, 0.25) is 0 Å². The number of urea groups is 1. The van der Waals surface area contributed by atoms with Gasteiger partial charge in [0.25, 0.3) is 0 Å². The molecule has 0 aliphatic carbocycles. The third kappa shape index (κ3) is 4.94. The van der Waals surface area contributed by atoms with Crippen LogP contribution in [0.3, 0.4) is 0 Å². The number of rotatable bonds is 6. The van der Waals surface area contributed by atoms with Crippen LogP contribution in [0.4, 0.5) is 10.5 Å². The van der Waals surface area contributed by atoms with E-state index in [4.69, 9.17) is 9.47 Å². The standard InChI is InChI=1S/C19H18N4O3/c1-25-16-7-3-14(4-8-16)13-22-18(24)23-15-5-9-17(10-6-15)26-19-20-11-2-12-21-19/h2-12H,13H2,1H3,(H2,22,23,24). The highest BCUT2D eigenvalue weighted by Gasteiger charge is 2.04. The fourth-order valence-corrected chi connectivity index (χ4v) is 2.15. The number of methoxy groups -OCH3 is 1. The highest BCUT2D eigenvalue weighted by Crippen LogP contribution is 2.19. The van der Waals surface area contributed by atoms with Crippen molar-refractivity contribution < 1.29 is 14.3 Å². The number of hydrogen-bond donors (Lipinski definition) is 2. The van der Waals surface area contributed by atoms with E-state index < -0.39 is 0 Å². The first-order valence-corrected chi connectivity index (χ1v) is 7.95. The Balaban J connectivity index is 1.49. The van der Waals surface area contributed by atoms with Crippen molar-refractivity contribution >= 4 is 11.7 Å². The molecule has 0 bridgehead atoms. The van der Waals surface area contributed by atoms with Gasteiger partial charge in [-0.2, -0.15) is 0 Å². The summed E-state index contributed by atoms with van der Waals surface area (Å²) in [6.07, 6.45) is 3.21. The molecule has 2 aromatic carbocycles. The molecule has 1 aromatic heterocycles. The Bertz CT molecular complexity index is 837. The van der Waals surface area contributed by atoms with E-state index in [1.165, 1.54) is 0 Å². The van der Waals surface area contributed by atoms with Crippen molar-refractivity contribution in [2.45, 2.75) is 6.54 Å². The van der Waals surface area contributed by atoms with E-state index in [2.05, 4.69) is 20.6 Å². The van der Waals surface area contributed by atoms with Crippen molar-refractivity contribution in [2.24, 2.45) is 0 Å². The second kappa shape index (κ2) is 8.48. The molecule has 0 saturated heterocycles. The van der Waals surface area contributed by atoms with E-state index in [1.54, 1.807) is 49.8 Å². The summed E-state index contributed by atoms with van der Waals surface area (Å²) < 4.78 is 10.6. The minimum Gasteiger partial charge on any atom is -0.497 e. The molecule has 3 rings (SSSR count). The molecule has 0 unspecified atom stereocenters. The number of nitrogens with one attached hydrogen (secondary N) is 2. The lowest BCUT2D eigenvalue weighted by molar-refractivity contribution is 0.251. The number of ether oxygens (including phenoxy) is 2. The molecule has 0 saturated carbocycles. The van der Waals surface area contributed by atoms with Crippen molar-refractivity contribution in [3.05, 3.63) is 72.6 Å². The average Bonchev–Trinajstić information content (AvgIpc) is 2.69. The van der Waals surface area contributed by atoms with Gasteiger partial charge in [-0.05, 0) is 48.0 Å². The van der Waals surface area contributed by atoms with E-state index in [0.29, 0.717) is 18.0 Å². The van der Waals surface area contributed by atoms with E-state index in [1.807, 2.05) is 24.3 Å². The highest BCUT2D eigenvalue weighted by atomic mass is 16.5. The maximum Gasteiger partial charge on any atom is 0.321 e. The van der Waals surface area contributed by atoms with Crippen LogP contribution >= 0.6 is 0 Å². The molecule has 2 N–H and O–H groups in total. The zero-order valence-electron chi connectivity index (χ0n) is 14.2. The molecule has 0 radical (unpaired) electrons. The van der Waals surface area contributed by atoms with Crippen LogP contribution in [0, 0.1) is 0 Å². The van der Waals surface area contributed by atoms with Crippen LogP contribution in [0.5, 0.6) is 17.5 Å². The van der Waals surface area contributed by atoms with Gasteiger partial charge >= 0.3 is 12.0 Å². The SMILES string of the molecule is COc1ccc(CNC(=O)Nc2ccc(Oc3ncccn3)cc2)cc1. The summed E-state index contributed by atoms with van der Waals surface area (Å²) >= 11 is 0. The van der Waals surface area contributed by atoms with Crippen LogP contribution < -0.4 is 20.1 Å². The summed E-state index contributed by atoms with van der Waals surface area (Å²) in [4.78, 5) is 20.0. The van der Waals surface area contributed by atoms with Crippen molar-refractivity contribution in [1.82, 2.24) is 15.3 Å². The Labute approximate surface area is 151 Å². The molecule has 2 amide bonds. The molecule has 7 heteroatoms. The number of anilines is 1. The minimum atomic E-state index is -0.291. The van der Waals surface area contributed by atoms with Gasteiger partial charge in [0, 0.05) is 24.6 Å². The monoisotopic (exact) mass is 350 g/mol. The Morgan fingerprint density at radius 3 is 2.27 bits per heavy atom. The lowest BCUT2D eigenvalue weighted by atomic mass is 10.2. The Morgan fingerprint density at radius 1 is 0.962 bits per heavy atom. The van der Waals surface area contributed by atoms with Gasteiger partial charge in [0.05, 0.1) is 7.11 Å². The zero-order chi connectivity index (χ0) is 18.2. The number of hydrogen-bond acceptors (Lipinski definition) is 5. The largest absolute Gasteiger partial charge is 0.497 e. The third-order valence-electron chi connectivity index (χ3n) is 3.48. The first-order chi connectivity index (χ1) is 12.7. The van der Waals surface area contributed by atoms with Gasteiger partial charge < -0.3 is 20.1 Å². The molecule has 0 fully saturated rings. The molecule has 26 heavy (non-hydrogen) atoms. The van der Waals surface area contributed by atoms with Gasteiger partial charge in [-0.15, -0.1) is 0 Å². The Morgan fingerprint density at radius 2 is 1.62 bits per heavy atom. The molecule has 0 spiro atoms. The van der Waals surface area contributed by atoms with Crippen LogP contribution in [0.25, 0.3) is 0 Å². The molecule has 0 aliphatic heterocycles. The normalized spacial score (nSPS) is 10.0. The number of nitrogens with zero attached hydrogens (tertiary/aromatic N) is 2. The van der Waals surface area contributed by atoms with Crippen molar-refractivity contribution in [3.8, 4) is 17.5 Å². The van der Waals surface area contributed by atoms with Crippen molar-refractivity contribution in [3.63, 3.8) is 0 Å². The Hall–Kier alpha value is -3.61. The van der Waals surface area contributed by atoms with Gasteiger partial charge in [0.1, 0.15) is 11.5 Å². The van der Waals surface area contributed by atoms with E-state index in [9.17, 15) is 4.79 Å². The van der Waals surface area contributed by atoms with Crippen LogP contribution in [0.1, 0.15) is 5.56 Å². The predicted octanol–water partition coefficient (Wildman–Crippen LogP) is 3.60. The lowest BCUT2D eigenvalue weighted by Gasteiger charge is -2.09. The Kier molecular flexibility index (Phi) is 5.61. The lowest BCUT2D eigenvalue weighted by Crippen LogP contribution is -2.28. The maximum absolute atomic E-state index is 12.0. The molecule has 0 aliphatic rings. The summed E-state index contributed by atoms with van der Waals surface area (Å²) in [5.41, 5.74) is 1.63. The quantitative estimate of drug-likeness (QED) is 0.709. The summed E-state index contributed by atoms with van der Waals surface area (Å²) in [7, 11) is 1.61. The first kappa shape index (κ1) is 17.2. The van der Waals surface area contributed by atoms with Crippen LogP contribution in [0.15, 0.2) is 67.0 Å². The smallest absolute Gasteiger partial charge is 0.321 e. The van der Waals surface area contributed by atoms with E-state index in [0.717, 1.165) is 11.3 Å². The van der Waals surface area contributed by atoms with E-state index in [-0.39, 0.29) is 12.0 Å². The number of aromatic nitrogens is 2. The molecule has 7 nitrogen and oxygen atoms in total. The fraction of sp³-hybridized carbons (Fsp3) is 0.105. The summed E-state index contributed by atoms with van der Waals surface area (Å²) in [6, 6.07) is 16.1. The second-order valence-electron chi connectivity index (χ2n) is 5.31. The maximum atomic E-state index is 12.0. The van der Waals surface area contributed by atoms with Crippen LogP contribution in [-0.4, -0.2) is 23.1 Å². The molecule has 132 valence electrons. The van der Waals surface area contributed by atoms with Gasteiger partial charge in [-0.1, -0.05) is 12.1 Å². The summed E-state index contributed by atoms with van der Waals surface area (Å²) in [6.45, 7) is 0.419. The van der Waals surface area contributed by atoms with Gasteiger partial charge in [-0.25, -0.2) is 14.8 Å². The van der Waals surface area contributed by atoms with Crippen LogP contribution in [-0.2, 0) is 6.54 Å². The summed E-state index contributed by atoms with van der Waals surface area (Å²) in [5, 5.41) is 5.56. The molecule has 1 heterocycles. The number of carbonyl (C=O) groups is 1. The van der Waals surface area contributed by atoms with Gasteiger partial charge in [-0.3, -0.25) is 0 Å². The van der Waals surface area contributed by atoms with Crippen molar-refractivity contribution in [2.75, 3.05) is 12.4 Å². The van der Waals surface area contributed by atoms with E-state index >= 15 is 0 Å². The predicted molar refractivity (Wildman–Crippen MR) is 97.4 cm³/mol. The average molecular weight is 350 g/mol. The van der Waals surface area contributed by atoms with Gasteiger partial charge in [0.2, 0.25) is 0 Å². The fourth-order valence-electron chi connectivity index (χ4n) is 2.15. The van der Waals surface area contributed by atoms with Crippen molar-refractivity contribution in [1.29, 1.82) is 0 Å². The summed E-state index contributed by atoms with van der Waals surface area (Å²) in [5.74, 6) is 1.36. The third-order valence-corrected chi connectivity index (χ3v) is 3.48. The number of carbonyl (C=O) groups excluding carboxylic acids is 1. The molecular weight excluding hydrogens is 332 g/mol. The molecule has 0 atom stereocenters. The zero-order valence-corrected chi connectivity index (χ0v) is 14.2. The number of amides is 2. The minimum absolute atomic E-state index is 0.269. The first-order valence-electron chi connectivity index (χ1n) is 7.95. The topological polar surface area (TPSA) is 85.4 Å².